The molecule has 330 valence electrons. The number of alkyl halides is 3. The Morgan fingerprint density at radius 1 is 0.887 bits per heavy atom. The maximum atomic E-state index is 16.6. The molecule has 4 aromatic carbocycles. The van der Waals surface area contributed by atoms with E-state index in [-0.39, 0.29) is 62.2 Å². The van der Waals surface area contributed by atoms with E-state index in [2.05, 4.69) is 9.28 Å². The van der Waals surface area contributed by atoms with Crippen LogP contribution in [0.1, 0.15) is 62.5 Å². The van der Waals surface area contributed by atoms with E-state index >= 15 is 8.78 Å². The topological polar surface area (TPSA) is 147 Å². The summed E-state index contributed by atoms with van der Waals surface area (Å²) < 4.78 is 158. The molecule has 0 saturated heterocycles. The minimum atomic E-state index is -6.02. The SMILES string of the molecule is Cc1ccc(S(=O)(=O)n2ccc3c4c(c(F)cc32)Sc2ccc(F)c(c2)-c2nc(nn2C)C(C)(c2cccc(OS(=O)(=O)C(F)(F)F)c2)CCCC(C)(C)CS(=O)(=O)CC4)cc1. The van der Waals surface area contributed by atoms with Crippen LogP contribution in [-0.2, 0) is 48.9 Å². The van der Waals surface area contributed by atoms with Crippen molar-refractivity contribution >= 4 is 52.6 Å². The summed E-state index contributed by atoms with van der Waals surface area (Å²) in [5, 5.41) is 4.93. The van der Waals surface area contributed by atoms with Crippen molar-refractivity contribution in [3.63, 3.8) is 0 Å². The van der Waals surface area contributed by atoms with E-state index in [1.807, 2.05) is 6.92 Å². The molecular formula is C42H41F5N4O7S4. The Morgan fingerprint density at radius 3 is 2.29 bits per heavy atom. The third kappa shape index (κ3) is 8.87. The van der Waals surface area contributed by atoms with Crippen LogP contribution in [0.5, 0.6) is 5.75 Å². The fraction of sp³-hybridized carbons (Fsp3) is 0.333. The van der Waals surface area contributed by atoms with Gasteiger partial charge >= 0.3 is 15.6 Å². The molecule has 11 nitrogen and oxygen atoms in total. The average Bonchev–Trinajstić information content (AvgIpc) is 3.78. The summed E-state index contributed by atoms with van der Waals surface area (Å²) in [6.45, 7) is 7.03. The number of sulfone groups is 1. The maximum absolute atomic E-state index is 16.6. The fourth-order valence-corrected chi connectivity index (χ4v) is 12.6. The van der Waals surface area contributed by atoms with Gasteiger partial charge in [-0.25, -0.2) is 39.3 Å². The Labute approximate surface area is 360 Å². The molecule has 6 aromatic rings. The summed E-state index contributed by atoms with van der Waals surface area (Å²) >= 11 is 0.894. The molecule has 1 atom stereocenters. The predicted octanol–water partition coefficient (Wildman–Crippen LogP) is 9.11. The number of hydrogen-bond donors (Lipinski definition) is 0. The van der Waals surface area contributed by atoms with E-state index in [0.717, 1.165) is 45.6 Å². The van der Waals surface area contributed by atoms with Crippen molar-refractivity contribution in [3.8, 4) is 17.1 Å². The molecular weight excluding hydrogens is 896 g/mol. The predicted molar refractivity (Wildman–Crippen MR) is 225 cm³/mol. The van der Waals surface area contributed by atoms with Crippen LogP contribution >= 0.6 is 11.8 Å². The highest BCUT2D eigenvalue weighted by Gasteiger charge is 2.49. The lowest BCUT2D eigenvalue weighted by Gasteiger charge is -2.30. The molecule has 0 radical (unpaired) electrons. The van der Waals surface area contributed by atoms with Gasteiger partial charge in [-0.1, -0.05) is 61.9 Å². The highest BCUT2D eigenvalue weighted by Crippen LogP contribution is 2.43. The molecule has 20 heteroatoms. The average molecular weight is 937 g/mol. The Hall–Kier alpha value is -4.79. The first kappa shape index (κ1) is 45.2. The summed E-state index contributed by atoms with van der Waals surface area (Å²) in [5.74, 6) is -2.74. The van der Waals surface area contributed by atoms with Crippen LogP contribution in [-0.4, -0.2) is 61.0 Å². The van der Waals surface area contributed by atoms with Gasteiger partial charge in [0.25, 0.3) is 10.0 Å². The lowest BCUT2D eigenvalue weighted by atomic mass is 9.75. The third-order valence-corrected chi connectivity index (χ3v) is 16.8. The molecule has 1 unspecified atom stereocenters. The summed E-state index contributed by atoms with van der Waals surface area (Å²) in [6, 6.07) is 17.8. The first-order valence-corrected chi connectivity index (χ1v) is 24.6. The molecule has 0 fully saturated rings. The number of hydrogen-bond acceptors (Lipinski definition) is 10. The van der Waals surface area contributed by atoms with E-state index in [1.54, 1.807) is 32.9 Å². The quantitative estimate of drug-likeness (QED) is 0.0932. The lowest BCUT2D eigenvalue weighted by molar-refractivity contribution is -0.0500. The number of fused-ring (bicyclic) bond motifs is 8. The Bertz CT molecular complexity index is 3060. The standard InChI is InChI=1S/C42H41F5N4O7S4/c1-26-10-13-30(14-11-26)61(54,55)51-20-16-31-32-17-21-60(52,53)25-40(2,3)18-7-19-41(4,27-8-6-9-28(22-27)58-62(56,57)42(45,46)47)39-48-38(50(5)49-39)33-23-29(12-15-34(33)43)59-37(32)35(44)24-36(31)51/h6,8-16,20,22-24H,7,17-19,21,25H2,1-5H3. The molecule has 0 amide bonds. The number of nitrogens with zero attached hydrogens (tertiary/aromatic N) is 4. The van der Waals surface area contributed by atoms with Crippen molar-refractivity contribution in [2.45, 2.75) is 79.0 Å². The van der Waals surface area contributed by atoms with Crippen molar-refractivity contribution in [1.29, 1.82) is 0 Å². The van der Waals surface area contributed by atoms with Crippen LogP contribution in [0.2, 0.25) is 0 Å². The highest BCUT2D eigenvalue weighted by atomic mass is 32.2. The van der Waals surface area contributed by atoms with Gasteiger partial charge in [-0.3, -0.25) is 0 Å². The van der Waals surface area contributed by atoms with E-state index in [0.29, 0.717) is 23.1 Å². The fourth-order valence-electron chi connectivity index (χ4n) is 7.75. The van der Waals surface area contributed by atoms with Crippen LogP contribution in [0.25, 0.3) is 22.3 Å². The van der Waals surface area contributed by atoms with Gasteiger partial charge < -0.3 is 4.18 Å². The second kappa shape index (κ2) is 16.1. The van der Waals surface area contributed by atoms with Crippen LogP contribution in [0.4, 0.5) is 22.0 Å². The number of benzene rings is 4. The van der Waals surface area contributed by atoms with Gasteiger partial charge in [0, 0.05) is 29.6 Å². The lowest BCUT2D eigenvalue weighted by Crippen LogP contribution is -2.30. The molecule has 0 spiro atoms. The smallest absolute Gasteiger partial charge is 0.376 e. The van der Waals surface area contributed by atoms with Crippen molar-refractivity contribution in [1.82, 2.24) is 18.7 Å². The second-order valence-corrected chi connectivity index (χ2v) is 23.0. The molecule has 0 aliphatic carbocycles. The zero-order valence-corrected chi connectivity index (χ0v) is 37.3. The van der Waals surface area contributed by atoms with Crippen molar-refractivity contribution in [2.24, 2.45) is 12.5 Å². The first-order valence-electron chi connectivity index (χ1n) is 19.2. The van der Waals surface area contributed by atoms with Crippen LogP contribution < -0.4 is 4.18 Å². The third-order valence-electron chi connectivity index (χ3n) is 11.0. The minimum Gasteiger partial charge on any atom is -0.376 e. The molecule has 2 aromatic heterocycles. The van der Waals surface area contributed by atoms with Gasteiger partial charge in [0.1, 0.15) is 17.4 Å². The van der Waals surface area contributed by atoms with Gasteiger partial charge in [-0.05, 0) is 98.2 Å². The summed E-state index contributed by atoms with van der Waals surface area (Å²) in [4.78, 5) is 5.04. The van der Waals surface area contributed by atoms with Crippen LogP contribution in [0, 0.1) is 24.0 Å². The molecule has 4 bridgehead atoms. The minimum absolute atomic E-state index is 0.0100. The molecule has 1 aliphatic rings. The van der Waals surface area contributed by atoms with Crippen LogP contribution in [0.15, 0.2) is 99.7 Å². The van der Waals surface area contributed by atoms with Gasteiger partial charge in [-0.15, -0.1) is 0 Å². The van der Waals surface area contributed by atoms with Crippen molar-refractivity contribution in [3.05, 3.63) is 119 Å². The maximum Gasteiger partial charge on any atom is 0.534 e. The van der Waals surface area contributed by atoms with Gasteiger partial charge in [0.05, 0.1) is 37.8 Å². The van der Waals surface area contributed by atoms with Crippen molar-refractivity contribution < 1.29 is 51.4 Å². The summed E-state index contributed by atoms with van der Waals surface area (Å²) in [7, 11) is -12.6. The molecule has 7 rings (SSSR count). The summed E-state index contributed by atoms with van der Waals surface area (Å²) in [6.07, 6.45) is 1.92. The molecule has 0 saturated carbocycles. The zero-order chi connectivity index (χ0) is 45.2. The normalized spacial score (nSPS) is 18.7. The van der Waals surface area contributed by atoms with Gasteiger partial charge in [-0.2, -0.15) is 26.7 Å². The summed E-state index contributed by atoms with van der Waals surface area (Å²) in [5.41, 5.74) is -6.48. The molecule has 1 aliphatic heterocycles. The second-order valence-electron chi connectivity index (χ2n) is 16.4. The van der Waals surface area contributed by atoms with Crippen molar-refractivity contribution in [2.75, 3.05) is 11.5 Å². The van der Waals surface area contributed by atoms with E-state index in [9.17, 15) is 38.4 Å². The number of halogens is 5. The monoisotopic (exact) mass is 936 g/mol. The molecule has 3 heterocycles. The highest BCUT2D eigenvalue weighted by molar-refractivity contribution is 7.99. The van der Waals surface area contributed by atoms with E-state index < -0.39 is 69.5 Å². The number of aromatic nitrogens is 4. The first-order chi connectivity index (χ1) is 28.8. The Kier molecular flexibility index (Phi) is 11.7. The Morgan fingerprint density at radius 2 is 1.60 bits per heavy atom. The van der Waals surface area contributed by atoms with Crippen LogP contribution in [0.3, 0.4) is 0 Å². The largest absolute Gasteiger partial charge is 0.534 e. The molecule has 0 N–H and O–H groups in total. The zero-order valence-electron chi connectivity index (χ0n) is 34.0. The van der Waals surface area contributed by atoms with E-state index in [4.69, 9.17) is 4.98 Å². The van der Waals surface area contributed by atoms with E-state index in [1.165, 1.54) is 60.4 Å². The number of rotatable bonds is 5. The Balaban J connectivity index is 1.37. The number of aryl methyl sites for hydroxylation is 3. The van der Waals surface area contributed by atoms with Gasteiger partial charge in [0.15, 0.2) is 21.5 Å². The molecule has 62 heavy (non-hydrogen) atoms. The van der Waals surface area contributed by atoms with Gasteiger partial charge in [0.2, 0.25) is 0 Å².